The van der Waals surface area contributed by atoms with Crippen LogP contribution in [0.3, 0.4) is 0 Å². The van der Waals surface area contributed by atoms with E-state index in [9.17, 15) is 4.39 Å². The number of hydrogen-bond donors (Lipinski definition) is 2. The SMILES string of the molecule is CCC(C)NC(CN)c1ccc(Cl)c(F)c1. The third-order valence-electron chi connectivity index (χ3n) is 2.68. The Hall–Kier alpha value is -0.640. The van der Waals surface area contributed by atoms with E-state index in [0.29, 0.717) is 12.6 Å². The normalized spacial score (nSPS) is 14.8. The van der Waals surface area contributed by atoms with Crippen molar-refractivity contribution in [2.45, 2.75) is 32.4 Å². The molecule has 0 saturated carbocycles. The van der Waals surface area contributed by atoms with Crippen LogP contribution in [0.2, 0.25) is 5.02 Å². The van der Waals surface area contributed by atoms with Gasteiger partial charge in [0.2, 0.25) is 0 Å². The molecule has 16 heavy (non-hydrogen) atoms. The van der Waals surface area contributed by atoms with Gasteiger partial charge in [-0.15, -0.1) is 0 Å². The summed E-state index contributed by atoms with van der Waals surface area (Å²) in [7, 11) is 0. The molecule has 0 spiro atoms. The monoisotopic (exact) mass is 244 g/mol. The Kier molecular flexibility index (Phi) is 5.19. The molecule has 2 nitrogen and oxygen atoms in total. The minimum absolute atomic E-state index is 0.0262. The molecule has 90 valence electrons. The fourth-order valence-corrected chi connectivity index (χ4v) is 1.61. The van der Waals surface area contributed by atoms with Gasteiger partial charge in [-0.05, 0) is 31.0 Å². The van der Waals surface area contributed by atoms with Crippen molar-refractivity contribution in [3.8, 4) is 0 Å². The van der Waals surface area contributed by atoms with E-state index in [2.05, 4.69) is 19.2 Å². The lowest BCUT2D eigenvalue weighted by atomic mass is 10.1. The highest BCUT2D eigenvalue weighted by molar-refractivity contribution is 6.30. The maximum atomic E-state index is 13.3. The van der Waals surface area contributed by atoms with Gasteiger partial charge < -0.3 is 11.1 Å². The molecule has 0 aliphatic heterocycles. The summed E-state index contributed by atoms with van der Waals surface area (Å²) in [6.45, 7) is 4.61. The average molecular weight is 245 g/mol. The highest BCUT2D eigenvalue weighted by Gasteiger charge is 2.13. The van der Waals surface area contributed by atoms with E-state index >= 15 is 0 Å². The van der Waals surface area contributed by atoms with Gasteiger partial charge in [-0.2, -0.15) is 0 Å². The molecule has 1 aromatic rings. The summed E-state index contributed by atoms with van der Waals surface area (Å²) in [4.78, 5) is 0. The molecule has 4 heteroatoms. The number of rotatable bonds is 5. The van der Waals surface area contributed by atoms with Crippen LogP contribution < -0.4 is 11.1 Å². The van der Waals surface area contributed by atoms with E-state index in [1.165, 1.54) is 6.07 Å². The van der Waals surface area contributed by atoms with Crippen molar-refractivity contribution < 1.29 is 4.39 Å². The molecule has 0 radical (unpaired) electrons. The highest BCUT2D eigenvalue weighted by atomic mass is 35.5. The largest absolute Gasteiger partial charge is 0.329 e. The van der Waals surface area contributed by atoms with Gasteiger partial charge in [0.25, 0.3) is 0 Å². The molecule has 2 unspecified atom stereocenters. The van der Waals surface area contributed by atoms with Gasteiger partial charge in [0.05, 0.1) is 5.02 Å². The van der Waals surface area contributed by atoms with Crippen LogP contribution in [0.4, 0.5) is 4.39 Å². The van der Waals surface area contributed by atoms with E-state index in [1.54, 1.807) is 12.1 Å². The van der Waals surface area contributed by atoms with Crippen molar-refractivity contribution in [2.75, 3.05) is 6.54 Å². The molecule has 0 saturated heterocycles. The van der Waals surface area contributed by atoms with Gasteiger partial charge in [-0.1, -0.05) is 24.6 Å². The molecular weight excluding hydrogens is 227 g/mol. The van der Waals surface area contributed by atoms with Crippen LogP contribution in [-0.2, 0) is 0 Å². The quantitative estimate of drug-likeness (QED) is 0.836. The molecule has 1 aromatic carbocycles. The van der Waals surface area contributed by atoms with Crippen molar-refractivity contribution in [3.05, 3.63) is 34.6 Å². The van der Waals surface area contributed by atoms with Crippen LogP contribution in [0.15, 0.2) is 18.2 Å². The van der Waals surface area contributed by atoms with Gasteiger partial charge >= 0.3 is 0 Å². The summed E-state index contributed by atoms with van der Waals surface area (Å²) in [5.74, 6) is -0.399. The molecule has 0 amide bonds. The second-order valence-electron chi connectivity index (χ2n) is 3.94. The van der Waals surface area contributed by atoms with Crippen molar-refractivity contribution in [3.63, 3.8) is 0 Å². The minimum atomic E-state index is -0.399. The molecule has 2 atom stereocenters. The number of nitrogens with two attached hydrogens (primary N) is 1. The molecule has 0 aliphatic carbocycles. The predicted octanol–water partition coefficient (Wildman–Crippen LogP) is 2.87. The first kappa shape index (κ1) is 13.4. The predicted molar refractivity (Wildman–Crippen MR) is 66.1 cm³/mol. The van der Waals surface area contributed by atoms with Gasteiger partial charge in [0.15, 0.2) is 0 Å². The summed E-state index contributed by atoms with van der Waals surface area (Å²) in [6.07, 6.45) is 1.01. The fourth-order valence-electron chi connectivity index (χ4n) is 1.49. The summed E-state index contributed by atoms with van der Waals surface area (Å²) in [6, 6.07) is 5.13. The third-order valence-corrected chi connectivity index (χ3v) is 2.99. The Bertz CT molecular complexity index is 344. The van der Waals surface area contributed by atoms with Crippen LogP contribution in [0.25, 0.3) is 0 Å². The van der Waals surface area contributed by atoms with Gasteiger partial charge in [0.1, 0.15) is 5.82 Å². The Morgan fingerprint density at radius 2 is 2.19 bits per heavy atom. The van der Waals surface area contributed by atoms with Gasteiger partial charge in [0, 0.05) is 18.6 Å². The van der Waals surface area contributed by atoms with Crippen LogP contribution in [0.1, 0.15) is 31.9 Å². The molecule has 0 aliphatic rings. The van der Waals surface area contributed by atoms with Crippen molar-refractivity contribution >= 4 is 11.6 Å². The summed E-state index contributed by atoms with van der Waals surface area (Å²) < 4.78 is 13.3. The Morgan fingerprint density at radius 3 is 2.69 bits per heavy atom. The summed E-state index contributed by atoms with van der Waals surface area (Å²) in [5, 5.41) is 3.49. The number of halogens is 2. The number of nitrogens with one attached hydrogen (secondary N) is 1. The zero-order valence-corrected chi connectivity index (χ0v) is 10.4. The minimum Gasteiger partial charge on any atom is -0.329 e. The maximum absolute atomic E-state index is 13.3. The molecular formula is C12H18ClFN2. The van der Waals surface area contributed by atoms with E-state index in [-0.39, 0.29) is 11.1 Å². The molecule has 3 N–H and O–H groups in total. The summed E-state index contributed by atoms with van der Waals surface area (Å²) >= 11 is 5.63. The third kappa shape index (κ3) is 3.44. The highest BCUT2D eigenvalue weighted by Crippen LogP contribution is 2.20. The van der Waals surface area contributed by atoms with Crippen LogP contribution >= 0.6 is 11.6 Å². The van der Waals surface area contributed by atoms with Crippen LogP contribution in [0, 0.1) is 5.82 Å². The molecule has 0 heterocycles. The average Bonchev–Trinajstić information content (AvgIpc) is 2.29. The zero-order chi connectivity index (χ0) is 12.1. The van der Waals surface area contributed by atoms with Crippen LogP contribution in [0.5, 0.6) is 0 Å². The van der Waals surface area contributed by atoms with E-state index in [1.807, 2.05) is 0 Å². The smallest absolute Gasteiger partial charge is 0.142 e. The Balaban J connectivity index is 2.82. The number of benzene rings is 1. The molecule has 1 rings (SSSR count). The van der Waals surface area contributed by atoms with Crippen LogP contribution in [-0.4, -0.2) is 12.6 Å². The van der Waals surface area contributed by atoms with E-state index in [4.69, 9.17) is 17.3 Å². The van der Waals surface area contributed by atoms with Gasteiger partial charge in [-0.3, -0.25) is 0 Å². The lowest BCUT2D eigenvalue weighted by Crippen LogP contribution is -2.34. The molecule has 0 aromatic heterocycles. The first-order valence-electron chi connectivity index (χ1n) is 5.49. The first-order chi connectivity index (χ1) is 7.58. The topological polar surface area (TPSA) is 38.0 Å². The Labute approximate surface area is 101 Å². The van der Waals surface area contributed by atoms with Crippen molar-refractivity contribution in [1.82, 2.24) is 5.32 Å². The first-order valence-corrected chi connectivity index (χ1v) is 5.87. The second-order valence-corrected chi connectivity index (χ2v) is 4.34. The lowest BCUT2D eigenvalue weighted by Gasteiger charge is -2.21. The standard InChI is InChI=1S/C12H18ClFN2/c1-3-8(2)16-12(7-15)9-4-5-10(13)11(14)6-9/h4-6,8,12,16H,3,7,15H2,1-2H3. The van der Waals surface area contributed by atoms with E-state index < -0.39 is 5.82 Å². The van der Waals surface area contributed by atoms with E-state index in [0.717, 1.165) is 12.0 Å². The Morgan fingerprint density at radius 1 is 1.50 bits per heavy atom. The fraction of sp³-hybridized carbons (Fsp3) is 0.500. The zero-order valence-electron chi connectivity index (χ0n) is 9.63. The van der Waals surface area contributed by atoms with Crippen molar-refractivity contribution in [2.24, 2.45) is 5.73 Å². The molecule has 0 bridgehead atoms. The summed E-state index contributed by atoms with van der Waals surface area (Å²) in [5.41, 5.74) is 6.52. The number of hydrogen-bond acceptors (Lipinski definition) is 2. The lowest BCUT2D eigenvalue weighted by molar-refractivity contribution is 0.450. The second kappa shape index (κ2) is 6.18. The van der Waals surface area contributed by atoms with Gasteiger partial charge in [-0.25, -0.2) is 4.39 Å². The maximum Gasteiger partial charge on any atom is 0.142 e. The molecule has 0 fully saturated rings. The van der Waals surface area contributed by atoms with Crippen molar-refractivity contribution in [1.29, 1.82) is 0 Å².